The maximum absolute atomic E-state index is 10.4. The smallest absolute Gasteiger partial charge is 0.0846 e. The van der Waals surface area contributed by atoms with Crippen LogP contribution in [0.1, 0.15) is 6.42 Å². The van der Waals surface area contributed by atoms with E-state index in [0.717, 1.165) is 0 Å². The zero-order chi connectivity index (χ0) is 7.14. The average molecular weight is 139 g/mol. The van der Waals surface area contributed by atoms with Crippen molar-refractivity contribution in [2.24, 2.45) is 5.92 Å². The van der Waals surface area contributed by atoms with Gasteiger partial charge in [-0.2, -0.15) is 0 Å². The number of fused-ring (bicyclic) bond motifs is 2. The fourth-order valence-corrected chi connectivity index (χ4v) is 1.50. The average Bonchev–Trinajstić information content (AvgIpc) is 2.44. The van der Waals surface area contributed by atoms with E-state index in [1.807, 2.05) is 6.08 Å². The van der Waals surface area contributed by atoms with Crippen molar-refractivity contribution in [3.63, 3.8) is 0 Å². The first-order valence-corrected chi connectivity index (χ1v) is 3.32. The molecule has 1 saturated heterocycles. The monoisotopic (exact) mass is 139 g/mol. The van der Waals surface area contributed by atoms with Crippen LogP contribution in [0, 0.1) is 5.92 Å². The Balaban J connectivity index is 2.16. The van der Waals surface area contributed by atoms with Crippen LogP contribution in [0.2, 0.25) is 0 Å². The SMILES string of the molecule is O=C([O-])[C@@H]1C[C@@H]2C=C[C@H]1O2. The molecule has 0 saturated carbocycles. The van der Waals surface area contributed by atoms with E-state index in [1.54, 1.807) is 6.08 Å². The van der Waals surface area contributed by atoms with E-state index in [9.17, 15) is 9.90 Å². The Kier molecular flexibility index (Phi) is 1.08. The second-order valence-electron chi connectivity index (χ2n) is 2.69. The molecule has 3 atom stereocenters. The van der Waals surface area contributed by atoms with Gasteiger partial charge in [0, 0.05) is 11.9 Å². The highest BCUT2D eigenvalue weighted by atomic mass is 16.5. The number of carboxylic acids is 1. The van der Waals surface area contributed by atoms with Gasteiger partial charge in [-0.05, 0) is 6.42 Å². The molecule has 0 aromatic carbocycles. The van der Waals surface area contributed by atoms with Crippen LogP contribution in [0.5, 0.6) is 0 Å². The summed E-state index contributed by atoms with van der Waals surface area (Å²) < 4.78 is 5.21. The predicted octanol–water partition coefficient (Wildman–Crippen LogP) is -0.920. The summed E-state index contributed by atoms with van der Waals surface area (Å²) in [6.07, 6.45) is 4.12. The van der Waals surface area contributed by atoms with Gasteiger partial charge in [0.05, 0.1) is 12.2 Å². The molecule has 0 amide bonds. The molecule has 0 N–H and O–H groups in total. The van der Waals surface area contributed by atoms with Gasteiger partial charge in [0.25, 0.3) is 0 Å². The minimum atomic E-state index is -0.989. The van der Waals surface area contributed by atoms with Gasteiger partial charge in [-0.15, -0.1) is 0 Å². The van der Waals surface area contributed by atoms with Crippen LogP contribution < -0.4 is 5.11 Å². The fraction of sp³-hybridized carbons (Fsp3) is 0.571. The van der Waals surface area contributed by atoms with Gasteiger partial charge in [-0.1, -0.05) is 12.2 Å². The molecular formula is C7H7O3-. The Hall–Kier alpha value is -0.830. The Morgan fingerprint density at radius 3 is 2.70 bits per heavy atom. The summed E-state index contributed by atoms with van der Waals surface area (Å²) >= 11 is 0. The highest BCUT2D eigenvalue weighted by Crippen LogP contribution is 2.32. The van der Waals surface area contributed by atoms with Gasteiger partial charge in [0.15, 0.2) is 0 Å². The van der Waals surface area contributed by atoms with Gasteiger partial charge in [0.2, 0.25) is 0 Å². The van der Waals surface area contributed by atoms with Crippen LogP contribution >= 0.6 is 0 Å². The van der Waals surface area contributed by atoms with E-state index in [-0.39, 0.29) is 12.2 Å². The van der Waals surface area contributed by atoms with Crippen LogP contribution in [0.25, 0.3) is 0 Å². The number of ether oxygens (including phenoxy) is 1. The molecule has 2 aliphatic rings. The van der Waals surface area contributed by atoms with Gasteiger partial charge in [-0.3, -0.25) is 0 Å². The molecule has 1 fully saturated rings. The number of hydrogen-bond donors (Lipinski definition) is 0. The lowest BCUT2D eigenvalue weighted by Crippen LogP contribution is -2.35. The van der Waals surface area contributed by atoms with Crippen molar-refractivity contribution in [3.8, 4) is 0 Å². The van der Waals surface area contributed by atoms with Crippen molar-refractivity contribution in [3.05, 3.63) is 12.2 Å². The largest absolute Gasteiger partial charge is 0.550 e. The summed E-state index contributed by atoms with van der Waals surface area (Å²) in [6, 6.07) is 0. The number of rotatable bonds is 1. The van der Waals surface area contributed by atoms with Crippen LogP contribution in [0.4, 0.5) is 0 Å². The lowest BCUT2D eigenvalue weighted by molar-refractivity contribution is -0.312. The second kappa shape index (κ2) is 1.83. The maximum atomic E-state index is 10.4. The Labute approximate surface area is 58.3 Å². The summed E-state index contributed by atoms with van der Waals surface area (Å²) in [5, 5.41) is 10.4. The highest BCUT2D eigenvalue weighted by Gasteiger charge is 2.37. The molecule has 0 radical (unpaired) electrons. The number of hydrogen-bond acceptors (Lipinski definition) is 3. The van der Waals surface area contributed by atoms with Crippen LogP contribution in [0.3, 0.4) is 0 Å². The first kappa shape index (κ1) is 5.92. The van der Waals surface area contributed by atoms with Crippen molar-refractivity contribution in [1.82, 2.24) is 0 Å². The Bertz CT molecular complexity index is 197. The molecule has 0 spiro atoms. The first-order chi connectivity index (χ1) is 4.77. The molecule has 2 aliphatic heterocycles. The normalized spacial score (nSPS) is 42.6. The van der Waals surface area contributed by atoms with Crippen LogP contribution in [-0.2, 0) is 9.53 Å². The van der Waals surface area contributed by atoms with Gasteiger partial charge in [0.1, 0.15) is 0 Å². The summed E-state index contributed by atoms with van der Waals surface area (Å²) in [5.41, 5.74) is 0. The molecule has 0 aromatic rings. The summed E-state index contributed by atoms with van der Waals surface area (Å²) in [6.45, 7) is 0. The lowest BCUT2D eigenvalue weighted by Gasteiger charge is -2.15. The third-order valence-corrected chi connectivity index (χ3v) is 2.03. The quantitative estimate of drug-likeness (QED) is 0.441. The minimum absolute atomic E-state index is 0.0351. The molecule has 0 aromatic heterocycles. The highest BCUT2D eigenvalue weighted by molar-refractivity contribution is 5.69. The third kappa shape index (κ3) is 0.671. The fourth-order valence-electron chi connectivity index (χ4n) is 1.50. The van der Waals surface area contributed by atoms with E-state index in [4.69, 9.17) is 4.74 Å². The zero-order valence-corrected chi connectivity index (χ0v) is 5.32. The van der Waals surface area contributed by atoms with E-state index in [0.29, 0.717) is 6.42 Å². The van der Waals surface area contributed by atoms with E-state index >= 15 is 0 Å². The Morgan fingerprint density at radius 1 is 1.60 bits per heavy atom. The standard InChI is InChI=1S/C7H8O3/c8-7(9)5-3-4-1-2-6(5)10-4/h1-2,4-6H,3H2,(H,8,9)/p-1/t4-,5+,6+/m0/s1. The summed E-state index contributed by atoms with van der Waals surface area (Å²) in [4.78, 5) is 10.4. The summed E-state index contributed by atoms with van der Waals surface area (Å²) in [7, 11) is 0. The molecule has 54 valence electrons. The number of carboxylic acid groups (broad SMARTS) is 1. The molecule has 10 heavy (non-hydrogen) atoms. The number of aliphatic carboxylic acids is 1. The van der Waals surface area contributed by atoms with Gasteiger partial charge >= 0.3 is 0 Å². The Morgan fingerprint density at radius 2 is 2.40 bits per heavy atom. The molecule has 3 heteroatoms. The van der Waals surface area contributed by atoms with Crippen molar-refractivity contribution in [2.45, 2.75) is 18.6 Å². The molecule has 3 nitrogen and oxygen atoms in total. The topological polar surface area (TPSA) is 49.4 Å². The van der Waals surface area contributed by atoms with E-state index < -0.39 is 11.9 Å². The van der Waals surface area contributed by atoms with Crippen molar-refractivity contribution in [1.29, 1.82) is 0 Å². The van der Waals surface area contributed by atoms with E-state index in [2.05, 4.69) is 0 Å². The number of carbonyl (C=O) groups is 1. The van der Waals surface area contributed by atoms with Crippen LogP contribution in [-0.4, -0.2) is 18.2 Å². The third-order valence-electron chi connectivity index (χ3n) is 2.03. The second-order valence-corrected chi connectivity index (χ2v) is 2.69. The van der Waals surface area contributed by atoms with Crippen molar-refractivity contribution in [2.75, 3.05) is 0 Å². The lowest BCUT2D eigenvalue weighted by atomic mass is 9.95. The molecular weight excluding hydrogens is 132 g/mol. The first-order valence-electron chi connectivity index (χ1n) is 3.32. The van der Waals surface area contributed by atoms with Gasteiger partial charge < -0.3 is 14.6 Å². The molecule has 0 unspecified atom stereocenters. The van der Waals surface area contributed by atoms with E-state index in [1.165, 1.54) is 0 Å². The van der Waals surface area contributed by atoms with Crippen LogP contribution in [0.15, 0.2) is 12.2 Å². The number of carbonyl (C=O) groups excluding carboxylic acids is 1. The zero-order valence-electron chi connectivity index (χ0n) is 5.32. The molecule has 2 heterocycles. The molecule has 2 bridgehead atoms. The van der Waals surface area contributed by atoms with Gasteiger partial charge in [-0.25, -0.2) is 0 Å². The summed E-state index contributed by atoms with van der Waals surface area (Å²) in [5.74, 6) is -1.40. The minimum Gasteiger partial charge on any atom is -0.550 e. The molecule has 2 rings (SSSR count). The maximum Gasteiger partial charge on any atom is 0.0846 e. The molecule has 0 aliphatic carbocycles. The van der Waals surface area contributed by atoms with Crippen molar-refractivity contribution >= 4 is 5.97 Å². The predicted molar refractivity (Wildman–Crippen MR) is 30.9 cm³/mol. The van der Waals surface area contributed by atoms with Crippen molar-refractivity contribution < 1.29 is 14.6 Å².